The Hall–Kier alpha value is -3.29. The van der Waals surface area contributed by atoms with Gasteiger partial charge in [-0.3, -0.25) is 14.3 Å². The molecule has 1 heterocycles. The van der Waals surface area contributed by atoms with Gasteiger partial charge in [0.05, 0.1) is 37.9 Å². The van der Waals surface area contributed by atoms with Gasteiger partial charge in [0.1, 0.15) is 11.5 Å². The zero-order valence-electron chi connectivity index (χ0n) is 18.9. The summed E-state index contributed by atoms with van der Waals surface area (Å²) in [7, 11) is 3.15. The minimum atomic E-state index is -0.993. The van der Waals surface area contributed by atoms with E-state index in [9.17, 15) is 9.59 Å². The number of methoxy groups -OCH3 is 2. The monoisotopic (exact) mass is 429 g/mol. The molecule has 31 heavy (non-hydrogen) atoms. The fraction of sp³-hybridized carbons (Fsp3) is 0.435. The van der Waals surface area contributed by atoms with Gasteiger partial charge in [-0.15, -0.1) is 0 Å². The number of ether oxygens (including phenoxy) is 2. The smallest absolute Gasteiger partial charge is 0.305 e. The van der Waals surface area contributed by atoms with Crippen LogP contribution in [0.2, 0.25) is 0 Å². The maximum absolute atomic E-state index is 12.9. The number of aromatic nitrogens is 2. The summed E-state index contributed by atoms with van der Waals surface area (Å²) < 4.78 is 12.8. The fourth-order valence-corrected chi connectivity index (χ4v) is 3.30. The molecule has 0 bridgehead atoms. The molecule has 0 fully saturated rings. The number of nitrogens with one attached hydrogen (secondary N) is 1. The van der Waals surface area contributed by atoms with Crippen molar-refractivity contribution in [2.24, 2.45) is 5.92 Å². The van der Waals surface area contributed by atoms with E-state index in [1.165, 1.54) is 0 Å². The van der Waals surface area contributed by atoms with Crippen molar-refractivity contribution >= 4 is 11.9 Å². The zero-order valence-corrected chi connectivity index (χ0v) is 18.9. The van der Waals surface area contributed by atoms with Crippen molar-refractivity contribution in [1.82, 2.24) is 15.1 Å². The molecule has 0 spiro atoms. The number of aliphatic carboxylic acids is 1. The third kappa shape index (κ3) is 6.34. The molecule has 1 aromatic carbocycles. The predicted octanol–water partition coefficient (Wildman–Crippen LogP) is 3.76. The Morgan fingerprint density at radius 2 is 1.81 bits per heavy atom. The second kappa shape index (κ2) is 10.7. The summed E-state index contributed by atoms with van der Waals surface area (Å²) >= 11 is 0. The van der Waals surface area contributed by atoms with Crippen molar-refractivity contribution in [1.29, 1.82) is 0 Å². The number of carboxylic acid groups (broad SMARTS) is 1. The second-order valence-corrected chi connectivity index (χ2v) is 7.95. The highest BCUT2D eigenvalue weighted by Gasteiger charge is 2.23. The van der Waals surface area contributed by atoms with Crippen LogP contribution in [0.3, 0.4) is 0 Å². The lowest BCUT2D eigenvalue weighted by Crippen LogP contribution is -2.35. The molecule has 0 aliphatic heterocycles. The molecular weight excluding hydrogens is 398 g/mol. The van der Waals surface area contributed by atoms with Gasteiger partial charge in [-0.25, -0.2) is 0 Å². The molecule has 2 aromatic rings. The van der Waals surface area contributed by atoms with Crippen molar-refractivity contribution in [3.8, 4) is 22.8 Å². The Morgan fingerprint density at radius 3 is 2.29 bits per heavy atom. The largest absolute Gasteiger partial charge is 0.496 e. The van der Waals surface area contributed by atoms with Gasteiger partial charge in [-0.2, -0.15) is 5.10 Å². The summed E-state index contributed by atoms with van der Waals surface area (Å²) in [5, 5.41) is 16.4. The average molecular weight is 430 g/mol. The molecule has 0 radical (unpaired) electrons. The van der Waals surface area contributed by atoms with Crippen LogP contribution in [0.25, 0.3) is 11.3 Å². The molecule has 8 nitrogen and oxygen atoms in total. The summed E-state index contributed by atoms with van der Waals surface area (Å²) in [6.45, 7) is 8.40. The molecule has 2 rings (SSSR count). The van der Waals surface area contributed by atoms with Gasteiger partial charge in [-0.05, 0) is 38.0 Å². The van der Waals surface area contributed by atoms with E-state index >= 15 is 0 Å². The molecule has 0 saturated carbocycles. The van der Waals surface area contributed by atoms with Gasteiger partial charge < -0.3 is 19.9 Å². The number of hydrogen-bond acceptors (Lipinski definition) is 5. The molecule has 0 unspecified atom stereocenters. The first kappa shape index (κ1) is 24.0. The number of benzene rings is 1. The Bertz CT molecular complexity index is 936. The van der Waals surface area contributed by atoms with Crippen LogP contribution in [0.15, 0.2) is 35.9 Å². The minimum Gasteiger partial charge on any atom is -0.496 e. The van der Waals surface area contributed by atoms with Crippen LogP contribution in [-0.2, 0) is 11.3 Å². The highest BCUT2D eigenvalue weighted by Crippen LogP contribution is 2.38. The van der Waals surface area contributed by atoms with Crippen LogP contribution >= 0.6 is 0 Å². The lowest BCUT2D eigenvalue weighted by atomic mass is 10.1. The summed E-state index contributed by atoms with van der Waals surface area (Å²) in [4.78, 5) is 24.1. The Balaban J connectivity index is 2.50. The van der Waals surface area contributed by atoms with Crippen LogP contribution in [0.1, 0.15) is 44.6 Å². The van der Waals surface area contributed by atoms with E-state index in [4.69, 9.17) is 14.6 Å². The van der Waals surface area contributed by atoms with Crippen LogP contribution < -0.4 is 14.8 Å². The van der Waals surface area contributed by atoms with Crippen molar-refractivity contribution in [2.75, 3.05) is 14.2 Å². The highest BCUT2D eigenvalue weighted by molar-refractivity contribution is 5.94. The first-order valence-corrected chi connectivity index (χ1v) is 10.1. The van der Waals surface area contributed by atoms with E-state index < -0.39 is 17.9 Å². The Morgan fingerprint density at radius 1 is 1.19 bits per heavy atom. The van der Waals surface area contributed by atoms with Crippen LogP contribution in [-0.4, -0.2) is 47.0 Å². The van der Waals surface area contributed by atoms with Crippen molar-refractivity contribution < 1.29 is 24.2 Å². The maximum Gasteiger partial charge on any atom is 0.305 e. The normalized spacial score (nSPS) is 11.7. The molecule has 0 saturated heterocycles. The number of carbonyl (C=O) groups excluding carboxylic acids is 1. The predicted molar refractivity (Wildman–Crippen MR) is 119 cm³/mol. The maximum atomic E-state index is 12.9. The lowest BCUT2D eigenvalue weighted by Gasteiger charge is -2.15. The van der Waals surface area contributed by atoms with Crippen molar-refractivity contribution in [3.05, 3.63) is 41.6 Å². The Labute approximate surface area is 182 Å². The number of hydrogen-bond donors (Lipinski definition) is 2. The summed E-state index contributed by atoms with van der Waals surface area (Å²) in [5.41, 5.74) is 2.49. The van der Waals surface area contributed by atoms with Gasteiger partial charge in [0.2, 0.25) is 0 Å². The first-order valence-electron chi connectivity index (χ1n) is 10.1. The SMILES string of the molecule is COc1cccc(OC)c1-c1cc(C(=O)N[C@@H](C=C(C)C)CC(=O)O)nn1CC(C)C. The van der Waals surface area contributed by atoms with E-state index in [2.05, 4.69) is 24.3 Å². The molecule has 0 aliphatic carbocycles. The van der Waals surface area contributed by atoms with E-state index in [1.54, 1.807) is 31.0 Å². The quantitative estimate of drug-likeness (QED) is 0.558. The van der Waals surface area contributed by atoms with E-state index in [0.29, 0.717) is 29.3 Å². The van der Waals surface area contributed by atoms with Crippen LogP contribution in [0.4, 0.5) is 0 Å². The van der Waals surface area contributed by atoms with Gasteiger partial charge in [0, 0.05) is 6.54 Å². The highest BCUT2D eigenvalue weighted by atomic mass is 16.5. The minimum absolute atomic E-state index is 0.196. The van der Waals surface area contributed by atoms with Crippen LogP contribution in [0.5, 0.6) is 11.5 Å². The van der Waals surface area contributed by atoms with Gasteiger partial charge in [-0.1, -0.05) is 31.6 Å². The second-order valence-electron chi connectivity index (χ2n) is 7.95. The third-order valence-corrected chi connectivity index (χ3v) is 4.48. The zero-order chi connectivity index (χ0) is 23.1. The third-order valence-electron chi connectivity index (χ3n) is 4.48. The summed E-state index contributed by atoms with van der Waals surface area (Å²) in [5.74, 6) is 0.0451. The molecule has 2 N–H and O–H groups in total. The molecule has 1 aromatic heterocycles. The van der Waals surface area contributed by atoms with E-state index in [1.807, 2.05) is 32.0 Å². The van der Waals surface area contributed by atoms with Crippen LogP contribution in [0, 0.1) is 5.92 Å². The van der Waals surface area contributed by atoms with Crippen molar-refractivity contribution in [2.45, 2.75) is 46.7 Å². The molecule has 168 valence electrons. The standard InChI is InChI=1S/C23H31N3O5/c1-14(2)10-16(11-21(27)28)24-23(29)17-12-18(26(25-17)13-15(3)4)22-19(30-5)8-7-9-20(22)31-6/h7-10,12,15-16H,11,13H2,1-6H3,(H,24,29)(H,27,28)/t16-/m0/s1. The number of amides is 1. The van der Waals surface area contributed by atoms with Gasteiger partial charge in [0.15, 0.2) is 5.69 Å². The van der Waals surface area contributed by atoms with Crippen molar-refractivity contribution in [3.63, 3.8) is 0 Å². The van der Waals surface area contributed by atoms with Gasteiger partial charge >= 0.3 is 5.97 Å². The number of rotatable bonds is 10. The lowest BCUT2D eigenvalue weighted by molar-refractivity contribution is -0.137. The number of nitrogens with zero attached hydrogens (tertiary/aromatic N) is 2. The number of carboxylic acids is 1. The molecular formula is C23H31N3O5. The molecule has 0 aliphatic rings. The average Bonchev–Trinajstić information content (AvgIpc) is 3.08. The fourth-order valence-electron chi connectivity index (χ4n) is 3.30. The van der Waals surface area contributed by atoms with E-state index in [0.717, 1.165) is 5.57 Å². The van der Waals surface area contributed by atoms with Gasteiger partial charge in [0.25, 0.3) is 5.91 Å². The number of allylic oxidation sites excluding steroid dienone is 1. The number of carbonyl (C=O) groups is 2. The van der Waals surface area contributed by atoms with E-state index in [-0.39, 0.29) is 18.0 Å². The first-order chi connectivity index (χ1) is 14.7. The summed E-state index contributed by atoms with van der Waals surface area (Å²) in [6, 6.07) is 6.52. The topological polar surface area (TPSA) is 103 Å². The molecule has 1 atom stereocenters. The Kier molecular flexibility index (Phi) is 8.24. The molecule has 1 amide bonds. The summed E-state index contributed by atoms with van der Waals surface area (Å²) in [6.07, 6.45) is 1.51. The molecule has 8 heteroatoms.